The molecule has 0 spiro atoms. The molecule has 1 fully saturated rings. The number of nitrogens with zero attached hydrogens (tertiary/aromatic N) is 3. The van der Waals surface area contributed by atoms with E-state index in [-0.39, 0.29) is 0 Å². The van der Waals surface area contributed by atoms with Crippen molar-refractivity contribution in [2.75, 3.05) is 25.7 Å². The Kier molecular flexibility index (Phi) is 2.95. The van der Waals surface area contributed by atoms with Crippen LogP contribution in [0.5, 0.6) is 0 Å². The Morgan fingerprint density at radius 1 is 1.14 bits per heavy atom. The molecule has 3 heteroatoms. The topological polar surface area (TPSA) is 9.72 Å². The summed E-state index contributed by atoms with van der Waals surface area (Å²) in [6, 6.07) is 10.4. The highest BCUT2D eigenvalue weighted by Gasteiger charge is 2.44. The van der Waals surface area contributed by atoms with E-state index < -0.39 is 0 Å². The van der Waals surface area contributed by atoms with Gasteiger partial charge in [-0.15, -0.1) is 0 Å². The highest BCUT2D eigenvalue weighted by molar-refractivity contribution is 5.62. The maximum absolute atomic E-state index is 2.68. The van der Waals surface area contributed by atoms with E-state index in [4.69, 9.17) is 0 Å². The lowest BCUT2D eigenvalue weighted by molar-refractivity contribution is 0.190. The van der Waals surface area contributed by atoms with E-state index in [0.29, 0.717) is 18.1 Å². The Morgan fingerprint density at radius 3 is 2.81 bits per heavy atom. The summed E-state index contributed by atoms with van der Waals surface area (Å²) in [5.74, 6) is 0. The number of rotatable bonds is 0. The van der Waals surface area contributed by atoms with Crippen LogP contribution in [0.1, 0.15) is 24.9 Å². The molecule has 0 amide bonds. The second-order valence-corrected chi connectivity index (χ2v) is 6.49. The zero-order chi connectivity index (χ0) is 14.6. The van der Waals surface area contributed by atoms with Crippen molar-refractivity contribution in [2.45, 2.75) is 31.5 Å². The van der Waals surface area contributed by atoms with Gasteiger partial charge in [-0.1, -0.05) is 30.4 Å². The maximum Gasteiger partial charge on any atom is 0.0554 e. The molecule has 21 heavy (non-hydrogen) atoms. The lowest BCUT2D eigenvalue weighted by Crippen LogP contribution is -2.40. The van der Waals surface area contributed by atoms with Gasteiger partial charge in [0.2, 0.25) is 0 Å². The molecule has 0 N–H and O–H groups in total. The second kappa shape index (κ2) is 4.72. The van der Waals surface area contributed by atoms with E-state index in [9.17, 15) is 0 Å². The Morgan fingerprint density at radius 2 is 1.95 bits per heavy atom. The molecule has 1 aromatic carbocycles. The van der Waals surface area contributed by atoms with Gasteiger partial charge in [-0.05, 0) is 38.1 Å². The zero-order valence-electron chi connectivity index (χ0n) is 13.0. The molecule has 1 aliphatic carbocycles. The van der Waals surface area contributed by atoms with E-state index in [1.807, 2.05) is 0 Å². The Bertz CT molecular complexity index is 619. The Labute approximate surface area is 127 Å². The first kappa shape index (κ1) is 13.1. The van der Waals surface area contributed by atoms with Crippen molar-refractivity contribution in [1.82, 2.24) is 9.80 Å². The number of likely N-dealkylation sites (N-methyl/N-ethyl adjacent to an activating group) is 2. The van der Waals surface area contributed by atoms with Crippen molar-refractivity contribution < 1.29 is 0 Å². The van der Waals surface area contributed by atoms with Crippen LogP contribution in [0.25, 0.3) is 0 Å². The minimum Gasteiger partial charge on any atom is -0.346 e. The van der Waals surface area contributed by atoms with E-state index in [0.717, 1.165) is 13.1 Å². The van der Waals surface area contributed by atoms with E-state index in [2.05, 4.69) is 78.2 Å². The van der Waals surface area contributed by atoms with Crippen molar-refractivity contribution >= 4 is 5.69 Å². The third-order valence-corrected chi connectivity index (χ3v) is 5.40. The van der Waals surface area contributed by atoms with Crippen molar-refractivity contribution in [3.63, 3.8) is 0 Å². The first-order valence-corrected chi connectivity index (χ1v) is 7.84. The summed E-state index contributed by atoms with van der Waals surface area (Å²) in [5.41, 5.74) is 4.25. The molecule has 1 aromatic rings. The quantitative estimate of drug-likeness (QED) is 0.724. The molecular weight excluding hydrogens is 258 g/mol. The smallest absolute Gasteiger partial charge is 0.0554 e. The SMILES string of the molecule is CC1C2c3ccccc3N(C)C3=CC=CCC3N2CN1C. The average molecular weight is 281 g/mol. The van der Waals surface area contributed by atoms with Crippen molar-refractivity contribution in [3.8, 4) is 0 Å². The first-order chi connectivity index (χ1) is 10.2. The molecule has 3 unspecified atom stereocenters. The van der Waals surface area contributed by atoms with Crippen LogP contribution in [0.3, 0.4) is 0 Å². The zero-order valence-corrected chi connectivity index (χ0v) is 13.0. The molecule has 110 valence electrons. The summed E-state index contributed by atoms with van der Waals surface area (Å²) in [7, 11) is 4.46. The lowest BCUT2D eigenvalue weighted by Gasteiger charge is -2.34. The number of para-hydroxylation sites is 1. The normalized spacial score (nSPS) is 32.2. The second-order valence-electron chi connectivity index (χ2n) is 6.49. The van der Waals surface area contributed by atoms with Gasteiger partial charge in [-0.2, -0.15) is 0 Å². The summed E-state index contributed by atoms with van der Waals surface area (Å²) in [5, 5.41) is 0. The standard InChI is InChI=1S/C18H23N3/c1-13-18-14-8-4-5-9-15(14)20(3)16-10-6-7-11-17(16)21(18)12-19(13)2/h4-10,13,17-18H,11-12H2,1-3H3. The van der Waals surface area contributed by atoms with Crippen LogP contribution in [0, 0.1) is 0 Å². The first-order valence-electron chi connectivity index (χ1n) is 7.84. The summed E-state index contributed by atoms with van der Waals surface area (Å²) in [4.78, 5) is 7.56. The van der Waals surface area contributed by atoms with Crippen LogP contribution in [-0.4, -0.2) is 42.6 Å². The highest BCUT2D eigenvalue weighted by Crippen LogP contribution is 2.45. The van der Waals surface area contributed by atoms with Crippen LogP contribution in [0.4, 0.5) is 5.69 Å². The summed E-state index contributed by atoms with van der Waals surface area (Å²) >= 11 is 0. The predicted molar refractivity (Wildman–Crippen MR) is 87.1 cm³/mol. The Balaban J connectivity index is 1.92. The van der Waals surface area contributed by atoms with Crippen LogP contribution in [0.2, 0.25) is 0 Å². The lowest BCUT2D eigenvalue weighted by atomic mass is 9.97. The molecular formula is C18H23N3. The van der Waals surface area contributed by atoms with Gasteiger partial charge >= 0.3 is 0 Å². The highest BCUT2D eigenvalue weighted by atomic mass is 15.4. The van der Waals surface area contributed by atoms with Gasteiger partial charge in [-0.3, -0.25) is 9.80 Å². The van der Waals surface area contributed by atoms with Gasteiger partial charge in [0.1, 0.15) is 0 Å². The molecule has 4 rings (SSSR count). The number of fused-ring (bicyclic) bond motifs is 5. The van der Waals surface area contributed by atoms with Crippen molar-refractivity contribution in [1.29, 1.82) is 0 Å². The summed E-state index contributed by atoms with van der Waals surface area (Å²) in [6.07, 6.45) is 7.91. The molecule has 0 bridgehead atoms. The molecule has 3 aliphatic rings. The van der Waals surface area contributed by atoms with Gasteiger partial charge < -0.3 is 4.90 Å². The van der Waals surface area contributed by atoms with Gasteiger partial charge in [0.25, 0.3) is 0 Å². The minimum absolute atomic E-state index is 0.482. The number of hydrogen-bond donors (Lipinski definition) is 0. The van der Waals surface area contributed by atoms with Crippen molar-refractivity contribution in [2.24, 2.45) is 0 Å². The molecule has 0 aromatic heterocycles. The molecule has 0 radical (unpaired) electrons. The van der Waals surface area contributed by atoms with Crippen LogP contribution in [-0.2, 0) is 0 Å². The number of allylic oxidation sites excluding steroid dienone is 2. The third kappa shape index (κ3) is 1.81. The number of anilines is 1. The van der Waals surface area contributed by atoms with Crippen molar-refractivity contribution in [3.05, 3.63) is 53.8 Å². The van der Waals surface area contributed by atoms with Crippen LogP contribution in [0.15, 0.2) is 48.2 Å². The summed E-state index contributed by atoms with van der Waals surface area (Å²) < 4.78 is 0. The molecule has 3 atom stereocenters. The van der Waals surface area contributed by atoms with Crippen LogP contribution < -0.4 is 4.90 Å². The molecule has 2 aliphatic heterocycles. The summed E-state index contributed by atoms with van der Waals surface area (Å²) in [6.45, 7) is 3.40. The monoisotopic (exact) mass is 281 g/mol. The van der Waals surface area contributed by atoms with E-state index in [1.54, 1.807) is 0 Å². The fourth-order valence-corrected chi connectivity index (χ4v) is 4.15. The van der Waals surface area contributed by atoms with Gasteiger partial charge in [0.05, 0.1) is 18.8 Å². The largest absolute Gasteiger partial charge is 0.346 e. The van der Waals surface area contributed by atoms with Crippen LogP contribution >= 0.6 is 0 Å². The minimum atomic E-state index is 0.482. The average Bonchev–Trinajstić information content (AvgIpc) is 2.76. The van der Waals surface area contributed by atoms with E-state index >= 15 is 0 Å². The predicted octanol–water partition coefficient (Wildman–Crippen LogP) is 2.98. The molecule has 3 nitrogen and oxygen atoms in total. The van der Waals surface area contributed by atoms with Gasteiger partial charge in [-0.25, -0.2) is 0 Å². The third-order valence-electron chi connectivity index (χ3n) is 5.40. The fourth-order valence-electron chi connectivity index (χ4n) is 4.15. The number of hydrogen-bond acceptors (Lipinski definition) is 3. The van der Waals surface area contributed by atoms with Gasteiger partial charge in [0.15, 0.2) is 0 Å². The van der Waals surface area contributed by atoms with Gasteiger partial charge in [0, 0.05) is 24.5 Å². The molecule has 1 saturated heterocycles. The Hall–Kier alpha value is -1.58. The molecule has 2 heterocycles. The fraction of sp³-hybridized carbons (Fsp3) is 0.444. The number of benzene rings is 1. The molecule has 0 saturated carbocycles. The maximum atomic E-state index is 2.68. The van der Waals surface area contributed by atoms with E-state index in [1.165, 1.54) is 16.9 Å².